The molecule has 0 aliphatic rings. The van der Waals surface area contributed by atoms with Gasteiger partial charge in [0.15, 0.2) is 0 Å². The van der Waals surface area contributed by atoms with E-state index in [0.29, 0.717) is 5.33 Å². The number of alkyl halides is 3. The van der Waals surface area contributed by atoms with Gasteiger partial charge in [-0.15, -0.1) is 11.6 Å². The Hall–Kier alpha value is 1.36. The van der Waals surface area contributed by atoms with Crippen molar-refractivity contribution in [3.8, 4) is 0 Å². The molecule has 0 bridgehead atoms. The highest BCUT2D eigenvalue weighted by Crippen LogP contribution is 2.53. The topological polar surface area (TPSA) is 44.8 Å². The summed E-state index contributed by atoms with van der Waals surface area (Å²) in [4.78, 5) is 0. The number of rotatable bonds is 8. The Morgan fingerprint density at radius 2 is 1.82 bits per heavy atom. The summed E-state index contributed by atoms with van der Waals surface area (Å²) in [6.07, 6.45) is 0. The van der Waals surface area contributed by atoms with Gasteiger partial charge in [-0.1, -0.05) is 52.6 Å². The molecule has 0 aliphatic carbocycles. The standard InChI is InChI=1S/C9H18Br2ClO4P/c1-9(2,3)8(11)16-17(13,14-6-4-10)15-7-5-12/h8H,4-7H2,1-3H3. The van der Waals surface area contributed by atoms with Crippen molar-refractivity contribution >= 4 is 51.3 Å². The first-order chi connectivity index (χ1) is 7.75. The number of phosphoric ester groups is 1. The molecule has 0 aromatic rings. The summed E-state index contributed by atoms with van der Waals surface area (Å²) in [5.74, 6) is 0.230. The Morgan fingerprint density at radius 1 is 1.29 bits per heavy atom. The van der Waals surface area contributed by atoms with E-state index >= 15 is 0 Å². The summed E-state index contributed by atoms with van der Waals surface area (Å²) < 4.78 is 27.8. The molecule has 2 unspecified atom stereocenters. The molecule has 0 fully saturated rings. The molecule has 0 saturated carbocycles. The minimum Gasteiger partial charge on any atom is -0.286 e. The SMILES string of the molecule is CC(C)(C)C(Br)OP(=O)(OCCCl)OCCBr. The molecule has 0 spiro atoms. The quantitative estimate of drug-likeness (QED) is 0.430. The normalized spacial score (nSPS) is 17.8. The summed E-state index contributed by atoms with van der Waals surface area (Å²) in [5.41, 5.74) is -0.224. The maximum absolute atomic E-state index is 12.2. The van der Waals surface area contributed by atoms with Gasteiger partial charge < -0.3 is 0 Å². The number of hydrogen-bond acceptors (Lipinski definition) is 4. The van der Waals surface area contributed by atoms with Gasteiger partial charge in [-0.25, -0.2) is 4.57 Å². The van der Waals surface area contributed by atoms with Crippen molar-refractivity contribution in [3.63, 3.8) is 0 Å². The maximum Gasteiger partial charge on any atom is 0.475 e. The molecule has 0 saturated heterocycles. The summed E-state index contributed by atoms with van der Waals surface area (Å²) in [7, 11) is -3.57. The second kappa shape index (κ2) is 8.51. The second-order valence-electron chi connectivity index (χ2n) is 4.28. The third-order valence-electron chi connectivity index (χ3n) is 1.56. The molecule has 0 aromatic carbocycles. The van der Waals surface area contributed by atoms with Crippen LogP contribution in [0.2, 0.25) is 0 Å². The smallest absolute Gasteiger partial charge is 0.286 e. The fraction of sp³-hybridized carbons (Fsp3) is 1.00. The Kier molecular flexibility index (Phi) is 9.20. The monoisotopic (exact) mass is 414 g/mol. The minimum absolute atomic E-state index is 0.116. The van der Waals surface area contributed by atoms with Gasteiger partial charge in [-0.2, -0.15) is 0 Å². The van der Waals surface area contributed by atoms with Crippen molar-refractivity contribution in [2.45, 2.75) is 25.8 Å². The van der Waals surface area contributed by atoms with Gasteiger partial charge in [0.2, 0.25) is 0 Å². The van der Waals surface area contributed by atoms with Crippen molar-refractivity contribution < 1.29 is 18.1 Å². The average Bonchev–Trinajstić information content (AvgIpc) is 2.22. The van der Waals surface area contributed by atoms with E-state index in [9.17, 15) is 4.57 Å². The van der Waals surface area contributed by atoms with Crippen LogP contribution in [-0.4, -0.2) is 29.4 Å². The molecule has 0 aliphatic heterocycles. The first-order valence-corrected chi connectivity index (χ1v) is 9.12. The largest absolute Gasteiger partial charge is 0.475 e. The van der Waals surface area contributed by atoms with Crippen LogP contribution in [0.1, 0.15) is 20.8 Å². The van der Waals surface area contributed by atoms with Gasteiger partial charge in [-0.3, -0.25) is 13.6 Å². The molecule has 0 N–H and O–H groups in total. The number of halogens is 3. The van der Waals surface area contributed by atoms with Gasteiger partial charge in [0.1, 0.15) is 5.01 Å². The van der Waals surface area contributed by atoms with Crippen molar-refractivity contribution in [1.29, 1.82) is 0 Å². The predicted octanol–water partition coefficient (Wildman–Crippen LogP) is 4.55. The van der Waals surface area contributed by atoms with Crippen LogP contribution in [0.15, 0.2) is 0 Å². The summed E-state index contributed by atoms with van der Waals surface area (Å²) in [6, 6.07) is 0. The molecule has 0 radical (unpaired) electrons. The first kappa shape index (κ1) is 18.4. The summed E-state index contributed by atoms with van der Waals surface area (Å²) in [6.45, 7) is 6.20. The van der Waals surface area contributed by atoms with Crippen molar-refractivity contribution in [1.82, 2.24) is 0 Å². The molecule has 0 heterocycles. The zero-order chi connectivity index (χ0) is 13.5. The molecular formula is C9H18Br2ClO4P. The number of hydrogen-bond donors (Lipinski definition) is 0. The van der Waals surface area contributed by atoms with Gasteiger partial charge >= 0.3 is 7.82 Å². The fourth-order valence-corrected chi connectivity index (χ4v) is 3.24. The minimum atomic E-state index is -3.57. The zero-order valence-electron chi connectivity index (χ0n) is 10.1. The highest BCUT2D eigenvalue weighted by Gasteiger charge is 2.34. The second-order valence-corrected chi connectivity index (χ2v) is 7.90. The maximum atomic E-state index is 12.2. The molecule has 104 valence electrons. The van der Waals surface area contributed by atoms with Gasteiger partial charge in [0, 0.05) is 11.2 Å². The molecule has 0 amide bonds. The molecule has 0 aromatic heterocycles. The molecule has 0 rings (SSSR count). The molecule has 8 heteroatoms. The summed E-state index contributed by atoms with van der Waals surface area (Å²) in [5, 5.41) is 0.110. The van der Waals surface area contributed by atoms with Crippen molar-refractivity contribution in [3.05, 3.63) is 0 Å². The van der Waals surface area contributed by atoms with E-state index in [1.54, 1.807) is 0 Å². The van der Waals surface area contributed by atoms with Crippen LogP contribution in [0.3, 0.4) is 0 Å². The van der Waals surface area contributed by atoms with E-state index < -0.39 is 12.8 Å². The van der Waals surface area contributed by atoms with Crippen LogP contribution >= 0.6 is 51.3 Å². The van der Waals surface area contributed by atoms with Crippen molar-refractivity contribution in [2.75, 3.05) is 24.4 Å². The average molecular weight is 416 g/mol. The lowest BCUT2D eigenvalue weighted by atomic mass is 9.99. The van der Waals surface area contributed by atoms with E-state index in [0.717, 1.165) is 0 Å². The van der Waals surface area contributed by atoms with E-state index in [2.05, 4.69) is 31.9 Å². The summed E-state index contributed by atoms with van der Waals surface area (Å²) >= 11 is 12.0. The lowest BCUT2D eigenvalue weighted by molar-refractivity contribution is 0.0792. The Labute approximate surface area is 125 Å². The lowest BCUT2D eigenvalue weighted by Gasteiger charge is -2.28. The first-order valence-electron chi connectivity index (χ1n) is 5.08. The van der Waals surface area contributed by atoms with Gasteiger partial charge in [0.25, 0.3) is 0 Å². The third kappa shape index (κ3) is 8.19. The molecule has 17 heavy (non-hydrogen) atoms. The van der Waals surface area contributed by atoms with Crippen LogP contribution in [0.4, 0.5) is 0 Å². The van der Waals surface area contributed by atoms with E-state index in [1.807, 2.05) is 20.8 Å². The molecule has 4 nitrogen and oxygen atoms in total. The number of phosphoric acid groups is 1. The van der Waals surface area contributed by atoms with Gasteiger partial charge in [-0.05, 0) is 5.41 Å². The third-order valence-corrected chi connectivity index (χ3v) is 5.35. The molecule has 2 atom stereocenters. The Morgan fingerprint density at radius 3 is 2.24 bits per heavy atom. The van der Waals surface area contributed by atoms with Crippen LogP contribution in [0.25, 0.3) is 0 Å². The highest BCUT2D eigenvalue weighted by atomic mass is 79.9. The van der Waals surface area contributed by atoms with Crippen LogP contribution < -0.4 is 0 Å². The Balaban J connectivity index is 4.52. The van der Waals surface area contributed by atoms with E-state index in [4.69, 9.17) is 25.2 Å². The van der Waals surface area contributed by atoms with Crippen molar-refractivity contribution in [2.24, 2.45) is 5.41 Å². The highest BCUT2D eigenvalue weighted by molar-refractivity contribution is 9.09. The zero-order valence-corrected chi connectivity index (χ0v) is 14.9. The van der Waals surface area contributed by atoms with Crippen LogP contribution in [0.5, 0.6) is 0 Å². The van der Waals surface area contributed by atoms with E-state index in [-0.39, 0.29) is 24.5 Å². The fourth-order valence-electron chi connectivity index (χ4n) is 0.662. The van der Waals surface area contributed by atoms with Gasteiger partial charge in [0.05, 0.1) is 13.2 Å². The lowest BCUT2D eigenvalue weighted by Crippen LogP contribution is -2.23. The van der Waals surface area contributed by atoms with Crippen LogP contribution in [0, 0.1) is 5.41 Å². The Bertz CT molecular complexity index is 248. The predicted molar refractivity (Wildman–Crippen MR) is 77.3 cm³/mol. The molecular weight excluding hydrogens is 398 g/mol. The van der Waals surface area contributed by atoms with Crippen LogP contribution in [-0.2, 0) is 18.1 Å². The van der Waals surface area contributed by atoms with E-state index in [1.165, 1.54) is 0 Å².